The maximum absolute atomic E-state index is 3.86. The van der Waals surface area contributed by atoms with E-state index in [0.29, 0.717) is 6.04 Å². The molecule has 1 atom stereocenters. The summed E-state index contributed by atoms with van der Waals surface area (Å²) in [6.07, 6.45) is 9.50. The van der Waals surface area contributed by atoms with Gasteiger partial charge in [-0.25, -0.2) is 0 Å². The number of hydrogen-bond acceptors (Lipinski definition) is 2. The zero-order valence-corrected chi connectivity index (χ0v) is 14.3. The normalized spacial score (nSPS) is 24.8. The van der Waals surface area contributed by atoms with Crippen LogP contribution in [-0.2, 0) is 6.42 Å². The van der Waals surface area contributed by atoms with Crippen molar-refractivity contribution < 1.29 is 0 Å². The highest BCUT2D eigenvalue weighted by Crippen LogP contribution is 2.40. The second-order valence-electron chi connectivity index (χ2n) is 6.28. The number of rotatable bonds is 7. The molecule has 0 aromatic carbocycles. The Bertz CT molecular complexity index is 377. The summed E-state index contributed by atoms with van der Waals surface area (Å²) < 4.78 is 0. The molecule has 0 spiro atoms. The molecule has 1 saturated carbocycles. The van der Waals surface area contributed by atoms with Gasteiger partial charge in [-0.1, -0.05) is 40.0 Å². The van der Waals surface area contributed by atoms with Gasteiger partial charge in [-0.15, -0.1) is 11.3 Å². The molecule has 1 aliphatic carbocycles. The summed E-state index contributed by atoms with van der Waals surface area (Å²) in [6, 6.07) is 2.95. The van der Waals surface area contributed by atoms with E-state index in [1.165, 1.54) is 44.9 Å². The molecule has 1 aromatic rings. The molecule has 2 heteroatoms. The van der Waals surface area contributed by atoms with Crippen molar-refractivity contribution in [2.45, 2.75) is 71.8 Å². The van der Waals surface area contributed by atoms with E-state index in [1.54, 1.807) is 10.4 Å². The topological polar surface area (TPSA) is 12.0 Å². The summed E-state index contributed by atoms with van der Waals surface area (Å²) in [5.41, 5.74) is 1.57. The smallest absolute Gasteiger partial charge is 0.0446 e. The van der Waals surface area contributed by atoms with Crippen molar-refractivity contribution in [3.05, 3.63) is 21.9 Å². The molecular weight excluding hydrogens is 262 g/mol. The zero-order valence-electron chi connectivity index (χ0n) is 13.5. The Balaban J connectivity index is 2.07. The quantitative estimate of drug-likeness (QED) is 0.693. The van der Waals surface area contributed by atoms with Gasteiger partial charge >= 0.3 is 0 Å². The van der Waals surface area contributed by atoms with E-state index >= 15 is 0 Å². The monoisotopic (exact) mass is 293 g/mol. The lowest BCUT2D eigenvalue weighted by Crippen LogP contribution is -2.31. The highest BCUT2D eigenvalue weighted by atomic mass is 32.1. The number of thiophene rings is 1. The maximum atomic E-state index is 3.86. The van der Waals surface area contributed by atoms with Crippen molar-refractivity contribution in [2.24, 2.45) is 11.8 Å². The Morgan fingerprint density at radius 3 is 2.55 bits per heavy atom. The highest BCUT2D eigenvalue weighted by molar-refractivity contribution is 7.10. The second kappa shape index (κ2) is 8.19. The lowest BCUT2D eigenvalue weighted by atomic mass is 9.77. The lowest BCUT2D eigenvalue weighted by molar-refractivity contribution is 0.220. The third-order valence-electron chi connectivity index (χ3n) is 5.00. The molecule has 0 saturated heterocycles. The van der Waals surface area contributed by atoms with Crippen molar-refractivity contribution >= 4 is 11.3 Å². The summed E-state index contributed by atoms with van der Waals surface area (Å²) >= 11 is 1.97. The molecule has 1 heterocycles. The third-order valence-corrected chi connectivity index (χ3v) is 6.04. The SMILES string of the molecule is CCCNC(c1sccc1CC)C1CCC(CC)CC1. The van der Waals surface area contributed by atoms with Gasteiger partial charge in [0, 0.05) is 10.9 Å². The Morgan fingerprint density at radius 2 is 1.95 bits per heavy atom. The molecule has 1 nitrogen and oxygen atoms in total. The summed E-state index contributed by atoms with van der Waals surface area (Å²) in [5, 5.41) is 6.14. The van der Waals surface area contributed by atoms with Gasteiger partial charge in [0.2, 0.25) is 0 Å². The van der Waals surface area contributed by atoms with Crippen molar-refractivity contribution in [1.82, 2.24) is 5.32 Å². The van der Waals surface area contributed by atoms with Crippen molar-refractivity contribution in [3.63, 3.8) is 0 Å². The third kappa shape index (κ3) is 3.85. The molecule has 1 aliphatic rings. The molecule has 0 amide bonds. The van der Waals surface area contributed by atoms with Gasteiger partial charge in [-0.3, -0.25) is 0 Å². The maximum Gasteiger partial charge on any atom is 0.0446 e. The predicted molar refractivity (Wildman–Crippen MR) is 90.5 cm³/mol. The van der Waals surface area contributed by atoms with Crippen LogP contribution in [0.25, 0.3) is 0 Å². The van der Waals surface area contributed by atoms with E-state index in [1.807, 2.05) is 11.3 Å². The second-order valence-corrected chi connectivity index (χ2v) is 7.23. The molecule has 1 unspecified atom stereocenters. The van der Waals surface area contributed by atoms with E-state index in [2.05, 4.69) is 37.5 Å². The Labute approximate surface area is 129 Å². The lowest BCUT2D eigenvalue weighted by Gasteiger charge is -2.34. The molecule has 1 N–H and O–H groups in total. The molecule has 0 bridgehead atoms. The summed E-state index contributed by atoms with van der Waals surface area (Å²) in [7, 11) is 0. The average molecular weight is 294 g/mol. The first-order chi connectivity index (χ1) is 9.80. The average Bonchev–Trinajstić information content (AvgIpc) is 2.96. The largest absolute Gasteiger partial charge is 0.309 e. The standard InChI is InChI=1S/C18H31NS/c1-4-12-19-17(18-15(6-3)11-13-20-18)16-9-7-14(5-2)8-10-16/h11,13-14,16-17,19H,4-10,12H2,1-3H3. The van der Waals surface area contributed by atoms with Crippen LogP contribution in [0.2, 0.25) is 0 Å². The first kappa shape index (κ1) is 16.0. The van der Waals surface area contributed by atoms with E-state index < -0.39 is 0 Å². The zero-order chi connectivity index (χ0) is 14.4. The van der Waals surface area contributed by atoms with Crippen LogP contribution in [0.3, 0.4) is 0 Å². The van der Waals surface area contributed by atoms with Gasteiger partial charge < -0.3 is 5.32 Å². The fraction of sp³-hybridized carbons (Fsp3) is 0.778. The number of aryl methyl sites for hydroxylation is 1. The summed E-state index contributed by atoms with van der Waals surface area (Å²) in [6.45, 7) is 8.06. The minimum Gasteiger partial charge on any atom is -0.309 e. The van der Waals surface area contributed by atoms with Crippen LogP contribution in [0, 0.1) is 11.8 Å². The molecule has 2 rings (SSSR count). The summed E-state index contributed by atoms with van der Waals surface area (Å²) in [5.74, 6) is 1.85. The van der Waals surface area contributed by atoms with Crippen molar-refractivity contribution in [2.75, 3.05) is 6.54 Å². The van der Waals surface area contributed by atoms with E-state index in [4.69, 9.17) is 0 Å². The van der Waals surface area contributed by atoms with Gasteiger partial charge in [0.05, 0.1) is 0 Å². The van der Waals surface area contributed by atoms with Crippen LogP contribution in [0.4, 0.5) is 0 Å². The van der Waals surface area contributed by atoms with Gasteiger partial charge in [0.25, 0.3) is 0 Å². The van der Waals surface area contributed by atoms with Crippen LogP contribution < -0.4 is 5.32 Å². The first-order valence-corrected chi connectivity index (χ1v) is 9.47. The molecule has 1 aromatic heterocycles. The van der Waals surface area contributed by atoms with Crippen molar-refractivity contribution in [3.8, 4) is 0 Å². The predicted octanol–water partition coefficient (Wildman–Crippen LogP) is 5.57. The highest BCUT2D eigenvalue weighted by Gasteiger charge is 2.29. The molecule has 20 heavy (non-hydrogen) atoms. The number of hydrogen-bond donors (Lipinski definition) is 1. The minimum absolute atomic E-state index is 0.614. The van der Waals surface area contributed by atoms with Crippen LogP contribution in [0.15, 0.2) is 11.4 Å². The summed E-state index contributed by atoms with van der Waals surface area (Å²) in [4.78, 5) is 1.63. The molecule has 1 fully saturated rings. The van der Waals surface area contributed by atoms with Crippen LogP contribution >= 0.6 is 11.3 Å². The molecule has 114 valence electrons. The van der Waals surface area contributed by atoms with Gasteiger partial charge in [-0.2, -0.15) is 0 Å². The van der Waals surface area contributed by atoms with Gasteiger partial charge in [0.15, 0.2) is 0 Å². The van der Waals surface area contributed by atoms with Gasteiger partial charge in [-0.05, 0) is 61.1 Å². The van der Waals surface area contributed by atoms with E-state index in [-0.39, 0.29) is 0 Å². The van der Waals surface area contributed by atoms with E-state index in [9.17, 15) is 0 Å². The number of nitrogens with one attached hydrogen (secondary N) is 1. The van der Waals surface area contributed by atoms with Crippen LogP contribution in [-0.4, -0.2) is 6.54 Å². The first-order valence-electron chi connectivity index (χ1n) is 8.59. The van der Waals surface area contributed by atoms with Gasteiger partial charge in [0.1, 0.15) is 0 Å². The van der Waals surface area contributed by atoms with Crippen LogP contribution in [0.1, 0.15) is 75.8 Å². The fourth-order valence-electron chi connectivity index (χ4n) is 3.62. The Kier molecular flexibility index (Phi) is 6.57. The minimum atomic E-state index is 0.614. The molecular formula is C18H31NS. The molecule has 0 radical (unpaired) electrons. The van der Waals surface area contributed by atoms with Crippen molar-refractivity contribution in [1.29, 1.82) is 0 Å². The fourth-order valence-corrected chi connectivity index (χ4v) is 4.78. The van der Waals surface area contributed by atoms with E-state index in [0.717, 1.165) is 18.4 Å². The Hall–Kier alpha value is -0.340. The molecule has 0 aliphatic heterocycles. The Morgan fingerprint density at radius 1 is 1.20 bits per heavy atom. The van der Waals surface area contributed by atoms with Crippen LogP contribution in [0.5, 0.6) is 0 Å².